The molecule has 0 fully saturated rings. The molecule has 0 radical (unpaired) electrons. The summed E-state index contributed by atoms with van der Waals surface area (Å²) in [5.74, 6) is -0.219. The predicted octanol–water partition coefficient (Wildman–Crippen LogP) is 3.26. The van der Waals surface area contributed by atoms with Crippen LogP contribution in [0.3, 0.4) is 0 Å². The lowest BCUT2D eigenvalue weighted by Crippen LogP contribution is -2.18. The van der Waals surface area contributed by atoms with Crippen molar-refractivity contribution < 1.29 is 4.39 Å². The third-order valence-electron chi connectivity index (χ3n) is 2.43. The molecule has 1 aromatic heterocycles. The van der Waals surface area contributed by atoms with Gasteiger partial charge in [-0.25, -0.2) is 9.37 Å². The number of hydrogen-bond acceptors (Lipinski definition) is 3. The quantitative estimate of drug-likeness (QED) is 0.919. The molecule has 2 aromatic rings. The van der Waals surface area contributed by atoms with Crippen LogP contribution in [0.5, 0.6) is 0 Å². The fourth-order valence-corrected chi connectivity index (χ4v) is 2.60. The summed E-state index contributed by atoms with van der Waals surface area (Å²) in [6.07, 6.45) is 2.36. The van der Waals surface area contributed by atoms with Crippen LogP contribution in [-0.4, -0.2) is 11.0 Å². The number of aromatic nitrogens is 1. The molecule has 0 saturated heterocycles. The van der Waals surface area contributed by atoms with E-state index in [0.717, 1.165) is 10.6 Å². The lowest BCUT2D eigenvalue weighted by molar-refractivity contribution is 0.592. The molecule has 2 nitrogen and oxygen atoms in total. The van der Waals surface area contributed by atoms with Crippen molar-refractivity contribution >= 4 is 11.8 Å². The van der Waals surface area contributed by atoms with E-state index >= 15 is 0 Å². The largest absolute Gasteiger partial charge is 0.328 e. The van der Waals surface area contributed by atoms with Gasteiger partial charge in [0.15, 0.2) is 0 Å². The van der Waals surface area contributed by atoms with Gasteiger partial charge in [0, 0.05) is 12.2 Å². The van der Waals surface area contributed by atoms with Crippen LogP contribution in [0.1, 0.15) is 12.5 Å². The second-order valence-corrected chi connectivity index (χ2v) is 5.21. The Kier molecular flexibility index (Phi) is 4.33. The van der Waals surface area contributed by atoms with E-state index in [2.05, 4.69) is 4.98 Å². The van der Waals surface area contributed by atoms with E-state index in [-0.39, 0.29) is 11.9 Å². The van der Waals surface area contributed by atoms with Gasteiger partial charge in [-0.05, 0) is 37.1 Å². The Hall–Kier alpha value is -1.39. The average Bonchev–Trinajstić information content (AvgIpc) is 2.34. The summed E-state index contributed by atoms with van der Waals surface area (Å²) in [6.45, 7) is 1.92. The number of hydrogen-bond donors (Lipinski definition) is 1. The number of benzene rings is 1. The molecule has 1 atom stereocenters. The summed E-state index contributed by atoms with van der Waals surface area (Å²) in [6, 6.07) is 10.7. The summed E-state index contributed by atoms with van der Waals surface area (Å²) in [5, 5.41) is 0.786. The van der Waals surface area contributed by atoms with Crippen LogP contribution in [0.15, 0.2) is 52.5 Å². The van der Waals surface area contributed by atoms with E-state index in [4.69, 9.17) is 5.73 Å². The van der Waals surface area contributed by atoms with Gasteiger partial charge in [-0.2, -0.15) is 0 Å². The molecule has 94 valence electrons. The normalized spacial score (nSPS) is 12.4. The highest BCUT2D eigenvalue weighted by Crippen LogP contribution is 2.31. The van der Waals surface area contributed by atoms with Crippen LogP contribution < -0.4 is 5.73 Å². The van der Waals surface area contributed by atoms with Crippen LogP contribution in [-0.2, 0) is 6.42 Å². The molecule has 2 rings (SSSR count). The van der Waals surface area contributed by atoms with Crippen molar-refractivity contribution in [1.29, 1.82) is 0 Å². The third-order valence-corrected chi connectivity index (χ3v) is 3.55. The second kappa shape index (κ2) is 5.98. The van der Waals surface area contributed by atoms with Crippen LogP contribution in [0.4, 0.5) is 4.39 Å². The summed E-state index contributed by atoms with van der Waals surface area (Å²) >= 11 is 1.34. The van der Waals surface area contributed by atoms with E-state index in [1.165, 1.54) is 17.8 Å². The minimum atomic E-state index is -0.219. The fraction of sp³-hybridized carbons (Fsp3) is 0.214. The van der Waals surface area contributed by atoms with Gasteiger partial charge in [-0.3, -0.25) is 0 Å². The minimum absolute atomic E-state index is 0.00915. The highest BCUT2D eigenvalue weighted by atomic mass is 32.2. The molecule has 0 bridgehead atoms. The highest BCUT2D eigenvalue weighted by Gasteiger charge is 2.11. The predicted molar refractivity (Wildman–Crippen MR) is 72.1 cm³/mol. The van der Waals surface area contributed by atoms with Gasteiger partial charge < -0.3 is 5.73 Å². The molecule has 0 saturated carbocycles. The van der Waals surface area contributed by atoms with Crippen molar-refractivity contribution in [3.05, 3.63) is 54.0 Å². The molecule has 18 heavy (non-hydrogen) atoms. The van der Waals surface area contributed by atoms with Crippen LogP contribution in [0.25, 0.3) is 0 Å². The van der Waals surface area contributed by atoms with Crippen molar-refractivity contribution in [2.75, 3.05) is 0 Å². The first-order valence-electron chi connectivity index (χ1n) is 5.78. The first-order chi connectivity index (χ1) is 8.66. The molecule has 2 N–H and O–H groups in total. The van der Waals surface area contributed by atoms with Crippen molar-refractivity contribution in [1.82, 2.24) is 4.98 Å². The second-order valence-electron chi connectivity index (χ2n) is 4.18. The Morgan fingerprint density at radius 2 is 2.11 bits per heavy atom. The van der Waals surface area contributed by atoms with Gasteiger partial charge in [0.2, 0.25) is 0 Å². The lowest BCUT2D eigenvalue weighted by atomic mass is 10.1. The maximum absolute atomic E-state index is 13.9. The van der Waals surface area contributed by atoms with Crippen molar-refractivity contribution in [3.8, 4) is 0 Å². The summed E-state index contributed by atoms with van der Waals surface area (Å²) in [4.78, 5) is 4.82. The molecule has 1 aromatic carbocycles. The molecule has 0 spiro atoms. The monoisotopic (exact) mass is 262 g/mol. The zero-order valence-electron chi connectivity index (χ0n) is 10.1. The van der Waals surface area contributed by atoms with E-state index < -0.39 is 0 Å². The smallest absolute Gasteiger partial charge is 0.137 e. The summed E-state index contributed by atoms with van der Waals surface area (Å²) < 4.78 is 13.9. The van der Waals surface area contributed by atoms with E-state index in [1.54, 1.807) is 12.3 Å². The first-order valence-corrected chi connectivity index (χ1v) is 6.60. The molecule has 0 aliphatic carbocycles. The molecule has 1 unspecified atom stereocenters. The highest BCUT2D eigenvalue weighted by molar-refractivity contribution is 7.99. The van der Waals surface area contributed by atoms with Crippen molar-refractivity contribution in [2.24, 2.45) is 5.73 Å². The Morgan fingerprint density at radius 1 is 1.28 bits per heavy atom. The maximum atomic E-state index is 13.9. The van der Waals surface area contributed by atoms with Crippen LogP contribution in [0.2, 0.25) is 0 Å². The van der Waals surface area contributed by atoms with Crippen molar-refractivity contribution in [2.45, 2.75) is 29.3 Å². The van der Waals surface area contributed by atoms with Gasteiger partial charge in [0.1, 0.15) is 10.8 Å². The molecule has 4 heteroatoms. The van der Waals surface area contributed by atoms with Crippen LogP contribution in [0, 0.1) is 5.82 Å². The SMILES string of the molecule is CC(N)Cc1cccc(F)c1Sc1ccccn1. The Balaban J connectivity index is 2.31. The molecule has 1 heterocycles. The standard InChI is InChI=1S/C14H15FN2S/c1-10(16)9-11-5-4-6-12(15)14(11)18-13-7-2-3-8-17-13/h2-8,10H,9,16H2,1H3. The zero-order valence-corrected chi connectivity index (χ0v) is 11.0. The fourth-order valence-electron chi connectivity index (χ4n) is 1.69. The number of nitrogens with zero attached hydrogens (tertiary/aromatic N) is 1. The van der Waals surface area contributed by atoms with E-state index in [1.807, 2.05) is 31.2 Å². The van der Waals surface area contributed by atoms with Gasteiger partial charge >= 0.3 is 0 Å². The minimum Gasteiger partial charge on any atom is -0.328 e. The van der Waals surface area contributed by atoms with E-state index in [9.17, 15) is 4.39 Å². The van der Waals surface area contributed by atoms with Gasteiger partial charge in [-0.15, -0.1) is 0 Å². The van der Waals surface area contributed by atoms with Crippen LogP contribution >= 0.6 is 11.8 Å². The molecule has 0 amide bonds. The Bertz CT molecular complexity index is 514. The zero-order chi connectivity index (χ0) is 13.0. The maximum Gasteiger partial charge on any atom is 0.137 e. The summed E-state index contributed by atoms with van der Waals surface area (Å²) in [7, 11) is 0. The summed E-state index contributed by atoms with van der Waals surface area (Å²) in [5.41, 5.74) is 6.72. The lowest BCUT2D eigenvalue weighted by Gasteiger charge is -2.11. The Morgan fingerprint density at radius 3 is 2.78 bits per heavy atom. The average molecular weight is 262 g/mol. The number of nitrogens with two attached hydrogens (primary N) is 1. The first kappa shape index (κ1) is 13.1. The third kappa shape index (κ3) is 3.31. The molecular weight excluding hydrogens is 247 g/mol. The number of pyridine rings is 1. The Labute approximate surface area is 110 Å². The van der Waals surface area contributed by atoms with Gasteiger partial charge in [0.25, 0.3) is 0 Å². The van der Waals surface area contributed by atoms with Gasteiger partial charge in [0.05, 0.1) is 4.90 Å². The number of rotatable bonds is 4. The van der Waals surface area contributed by atoms with Crippen molar-refractivity contribution in [3.63, 3.8) is 0 Å². The van der Waals surface area contributed by atoms with Gasteiger partial charge in [-0.1, -0.05) is 30.0 Å². The molecular formula is C14H15FN2S. The van der Waals surface area contributed by atoms with E-state index in [0.29, 0.717) is 11.3 Å². The molecule has 0 aliphatic heterocycles. The number of halogens is 1. The topological polar surface area (TPSA) is 38.9 Å². The molecule has 0 aliphatic rings.